The van der Waals surface area contributed by atoms with Crippen LogP contribution in [-0.4, -0.2) is 49.0 Å². The molecule has 1 aliphatic heterocycles. The van der Waals surface area contributed by atoms with Crippen molar-refractivity contribution in [2.45, 2.75) is 25.6 Å². The second-order valence-electron chi connectivity index (χ2n) is 3.25. The number of hydrogen-bond acceptors (Lipinski definition) is 3. The summed E-state index contributed by atoms with van der Waals surface area (Å²) in [4.78, 5) is 2.29. The number of rotatable bonds is 4. The Morgan fingerprint density at radius 1 is 1.64 bits per heavy atom. The van der Waals surface area contributed by atoms with Crippen LogP contribution >= 0.6 is 0 Å². The van der Waals surface area contributed by atoms with Crippen molar-refractivity contribution in [2.75, 3.05) is 26.7 Å². The highest BCUT2D eigenvalue weighted by atomic mass is 16.5. The molecule has 1 heterocycles. The molecule has 0 aromatic rings. The van der Waals surface area contributed by atoms with Crippen molar-refractivity contribution in [3.8, 4) is 0 Å². The van der Waals surface area contributed by atoms with Gasteiger partial charge in [-0.1, -0.05) is 0 Å². The maximum atomic E-state index is 8.99. The first-order chi connectivity index (χ1) is 5.22. The Hall–Kier alpha value is -0.120. The average Bonchev–Trinajstić information content (AvgIpc) is 1.84. The molecule has 1 atom stereocenters. The largest absolute Gasteiger partial charge is 0.393 e. The van der Waals surface area contributed by atoms with Crippen molar-refractivity contribution in [1.82, 2.24) is 4.90 Å². The van der Waals surface area contributed by atoms with Gasteiger partial charge in [-0.3, -0.25) is 4.90 Å². The summed E-state index contributed by atoms with van der Waals surface area (Å²) in [5.41, 5.74) is 0. The van der Waals surface area contributed by atoms with E-state index in [0.29, 0.717) is 6.10 Å². The smallest absolute Gasteiger partial charge is 0.0824 e. The van der Waals surface area contributed by atoms with E-state index in [1.54, 1.807) is 7.11 Å². The number of nitrogens with zero attached hydrogens (tertiary/aromatic N) is 1. The number of aliphatic hydroxyl groups is 1. The van der Waals surface area contributed by atoms with Crippen molar-refractivity contribution >= 4 is 0 Å². The van der Waals surface area contributed by atoms with Crippen LogP contribution in [0.25, 0.3) is 0 Å². The van der Waals surface area contributed by atoms with Crippen molar-refractivity contribution in [1.29, 1.82) is 0 Å². The molecular weight excluding hydrogens is 142 g/mol. The van der Waals surface area contributed by atoms with E-state index in [1.807, 2.05) is 6.92 Å². The average molecular weight is 159 g/mol. The van der Waals surface area contributed by atoms with E-state index in [-0.39, 0.29) is 6.10 Å². The Kier molecular flexibility index (Phi) is 3.30. The number of hydrogen-bond donors (Lipinski definition) is 1. The molecule has 0 radical (unpaired) electrons. The number of aliphatic hydroxyl groups excluding tert-OH is 1. The van der Waals surface area contributed by atoms with Crippen LogP contribution in [0.5, 0.6) is 0 Å². The van der Waals surface area contributed by atoms with E-state index < -0.39 is 0 Å². The van der Waals surface area contributed by atoms with Crippen LogP contribution in [-0.2, 0) is 4.74 Å². The summed E-state index contributed by atoms with van der Waals surface area (Å²) in [6, 6.07) is 0. The van der Waals surface area contributed by atoms with Gasteiger partial charge in [0.2, 0.25) is 0 Å². The first-order valence-electron chi connectivity index (χ1n) is 4.15. The lowest BCUT2D eigenvalue weighted by Gasteiger charge is -2.38. The van der Waals surface area contributed by atoms with Crippen molar-refractivity contribution in [3.63, 3.8) is 0 Å². The van der Waals surface area contributed by atoms with E-state index in [0.717, 1.165) is 26.1 Å². The first kappa shape index (κ1) is 8.97. The third kappa shape index (κ3) is 2.77. The highest BCUT2D eigenvalue weighted by Crippen LogP contribution is 2.10. The van der Waals surface area contributed by atoms with Gasteiger partial charge < -0.3 is 9.84 Å². The summed E-state index contributed by atoms with van der Waals surface area (Å²) >= 11 is 0. The van der Waals surface area contributed by atoms with Crippen LogP contribution in [0.4, 0.5) is 0 Å². The fraction of sp³-hybridized carbons (Fsp3) is 1.00. The third-order valence-electron chi connectivity index (χ3n) is 2.12. The molecule has 0 aliphatic carbocycles. The third-order valence-corrected chi connectivity index (χ3v) is 2.12. The van der Waals surface area contributed by atoms with Gasteiger partial charge in [0.05, 0.1) is 12.2 Å². The highest BCUT2D eigenvalue weighted by molar-refractivity contribution is 4.80. The fourth-order valence-corrected chi connectivity index (χ4v) is 1.22. The van der Waals surface area contributed by atoms with E-state index in [2.05, 4.69) is 4.90 Å². The zero-order chi connectivity index (χ0) is 8.27. The number of ether oxygens (including phenoxy) is 1. The second kappa shape index (κ2) is 4.04. The lowest BCUT2D eigenvalue weighted by Crippen LogP contribution is -2.52. The summed E-state index contributed by atoms with van der Waals surface area (Å²) in [6.07, 6.45) is 1.14. The minimum atomic E-state index is -0.170. The number of methoxy groups -OCH3 is 1. The van der Waals surface area contributed by atoms with Crippen LogP contribution in [0.3, 0.4) is 0 Å². The molecule has 0 amide bonds. The van der Waals surface area contributed by atoms with E-state index in [1.165, 1.54) is 0 Å². The van der Waals surface area contributed by atoms with Crippen LogP contribution in [0.2, 0.25) is 0 Å². The molecule has 0 bridgehead atoms. The van der Waals surface area contributed by atoms with Crippen molar-refractivity contribution < 1.29 is 9.84 Å². The Bertz CT molecular complexity index is 111. The molecule has 1 saturated heterocycles. The second-order valence-corrected chi connectivity index (χ2v) is 3.25. The molecule has 1 unspecified atom stereocenters. The van der Waals surface area contributed by atoms with Gasteiger partial charge in [-0.15, -0.1) is 0 Å². The van der Waals surface area contributed by atoms with E-state index in [4.69, 9.17) is 9.84 Å². The molecule has 3 heteroatoms. The fourth-order valence-electron chi connectivity index (χ4n) is 1.22. The van der Waals surface area contributed by atoms with E-state index in [9.17, 15) is 0 Å². The molecular formula is C8H17NO2. The summed E-state index contributed by atoms with van der Waals surface area (Å²) in [6.45, 7) is 4.89. The standard InChI is InChI=1S/C8H17NO2/c1-7(10)3-4-9-5-8(6-9)11-2/h7-8,10H,3-6H2,1-2H3. The molecule has 11 heavy (non-hydrogen) atoms. The lowest BCUT2D eigenvalue weighted by molar-refractivity contribution is -0.0334. The normalized spacial score (nSPS) is 23.2. The van der Waals surface area contributed by atoms with Crippen LogP contribution < -0.4 is 0 Å². The summed E-state index contributed by atoms with van der Waals surface area (Å²) in [5.74, 6) is 0. The molecule has 1 fully saturated rings. The maximum absolute atomic E-state index is 8.99. The Labute approximate surface area is 68.0 Å². The van der Waals surface area contributed by atoms with Gasteiger partial charge in [0.1, 0.15) is 0 Å². The molecule has 1 aliphatic rings. The zero-order valence-electron chi connectivity index (χ0n) is 7.29. The molecule has 0 aromatic carbocycles. The summed E-state index contributed by atoms with van der Waals surface area (Å²) < 4.78 is 5.12. The Balaban J connectivity index is 1.96. The Morgan fingerprint density at radius 3 is 2.73 bits per heavy atom. The predicted octanol–water partition coefficient (Wildman–Crippen LogP) is 0.0879. The topological polar surface area (TPSA) is 32.7 Å². The quantitative estimate of drug-likeness (QED) is 0.631. The van der Waals surface area contributed by atoms with Gasteiger partial charge in [0, 0.05) is 26.7 Å². The van der Waals surface area contributed by atoms with Gasteiger partial charge in [0.15, 0.2) is 0 Å². The predicted molar refractivity (Wildman–Crippen MR) is 43.5 cm³/mol. The zero-order valence-corrected chi connectivity index (χ0v) is 7.29. The van der Waals surface area contributed by atoms with Gasteiger partial charge >= 0.3 is 0 Å². The minimum absolute atomic E-state index is 0.170. The molecule has 66 valence electrons. The van der Waals surface area contributed by atoms with Crippen LogP contribution in [0, 0.1) is 0 Å². The minimum Gasteiger partial charge on any atom is -0.393 e. The van der Waals surface area contributed by atoms with Crippen LogP contribution in [0.15, 0.2) is 0 Å². The van der Waals surface area contributed by atoms with Gasteiger partial charge in [0.25, 0.3) is 0 Å². The summed E-state index contributed by atoms with van der Waals surface area (Å²) in [7, 11) is 1.75. The van der Waals surface area contributed by atoms with Gasteiger partial charge in [-0.25, -0.2) is 0 Å². The highest BCUT2D eigenvalue weighted by Gasteiger charge is 2.25. The molecule has 3 nitrogen and oxygen atoms in total. The monoisotopic (exact) mass is 159 g/mol. The van der Waals surface area contributed by atoms with Crippen molar-refractivity contribution in [2.24, 2.45) is 0 Å². The van der Waals surface area contributed by atoms with Crippen molar-refractivity contribution in [3.05, 3.63) is 0 Å². The molecule has 0 spiro atoms. The van der Waals surface area contributed by atoms with Crippen LogP contribution in [0.1, 0.15) is 13.3 Å². The lowest BCUT2D eigenvalue weighted by atomic mass is 10.1. The molecule has 0 saturated carbocycles. The molecule has 1 N–H and O–H groups in total. The molecule has 1 rings (SSSR count). The first-order valence-corrected chi connectivity index (χ1v) is 4.15. The molecule has 0 aromatic heterocycles. The Morgan fingerprint density at radius 2 is 2.27 bits per heavy atom. The van der Waals surface area contributed by atoms with Gasteiger partial charge in [-0.2, -0.15) is 0 Å². The van der Waals surface area contributed by atoms with Gasteiger partial charge in [-0.05, 0) is 13.3 Å². The number of likely N-dealkylation sites (tertiary alicyclic amines) is 1. The SMILES string of the molecule is COC1CN(CCC(C)O)C1. The maximum Gasteiger partial charge on any atom is 0.0824 e. The van der Waals surface area contributed by atoms with E-state index >= 15 is 0 Å². The summed E-state index contributed by atoms with van der Waals surface area (Å²) in [5, 5.41) is 8.99.